The Labute approximate surface area is 160 Å². The Bertz CT molecular complexity index is 735. The van der Waals surface area contributed by atoms with Gasteiger partial charge >= 0.3 is 0 Å². The number of aryl methyl sites for hydroxylation is 1. The van der Waals surface area contributed by atoms with Crippen LogP contribution in [0.3, 0.4) is 0 Å². The molecule has 3 rings (SSSR count). The second kappa shape index (κ2) is 9.10. The molecule has 0 bridgehead atoms. The summed E-state index contributed by atoms with van der Waals surface area (Å²) in [5.41, 5.74) is 2.17. The fourth-order valence-corrected chi connectivity index (χ4v) is 3.24. The lowest BCUT2D eigenvalue weighted by molar-refractivity contribution is -0.117. The third kappa shape index (κ3) is 5.61. The quantitative estimate of drug-likeness (QED) is 0.806. The molecule has 0 spiro atoms. The summed E-state index contributed by atoms with van der Waals surface area (Å²) in [5.74, 6) is 1.89. The number of piperazine rings is 1. The van der Waals surface area contributed by atoms with Crippen LogP contribution in [0.2, 0.25) is 0 Å². The molecule has 7 nitrogen and oxygen atoms in total. The van der Waals surface area contributed by atoms with Crippen molar-refractivity contribution in [2.75, 3.05) is 38.0 Å². The van der Waals surface area contributed by atoms with Gasteiger partial charge in [-0.05, 0) is 37.0 Å². The molecular weight excluding hydrogens is 342 g/mol. The number of benzene rings is 1. The summed E-state index contributed by atoms with van der Waals surface area (Å²) < 4.78 is 5.17. The summed E-state index contributed by atoms with van der Waals surface area (Å²) >= 11 is 0. The monoisotopic (exact) mass is 371 g/mol. The fourth-order valence-electron chi connectivity index (χ4n) is 3.24. The second-order valence-electron chi connectivity index (χ2n) is 7.27. The molecule has 7 heteroatoms. The predicted molar refractivity (Wildman–Crippen MR) is 105 cm³/mol. The summed E-state index contributed by atoms with van der Waals surface area (Å²) in [7, 11) is 0. The van der Waals surface area contributed by atoms with Crippen molar-refractivity contribution in [3.05, 3.63) is 41.5 Å². The van der Waals surface area contributed by atoms with Crippen molar-refractivity contribution in [1.82, 2.24) is 19.9 Å². The number of anilines is 1. The molecular formula is C20H29N5O2. The Balaban J connectivity index is 1.41. The van der Waals surface area contributed by atoms with Gasteiger partial charge < -0.3 is 9.84 Å². The Hall–Kier alpha value is -2.25. The van der Waals surface area contributed by atoms with E-state index < -0.39 is 0 Å². The minimum Gasteiger partial charge on any atom is -0.338 e. The van der Waals surface area contributed by atoms with E-state index >= 15 is 0 Å². The van der Waals surface area contributed by atoms with Crippen LogP contribution in [0.15, 0.2) is 28.8 Å². The van der Waals surface area contributed by atoms with Crippen molar-refractivity contribution in [3.8, 4) is 0 Å². The molecule has 2 aromatic rings. The van der Waals surface area contributed by atoms with Crippen LogP contribution in [-0.4, -0.2) is 58.6 Å². The van der Waals surface area contributed by atoms with Gasteiger partial charge in [0.05, 0.1) is 13.1 Å². The first-order chi connectivity index (χ1) is 13.0. The predicted octanol–water partition coefficient (Wildman–Crippen LogP) is 2.65. The van der Waals surface area contributed by atoms with E-state index in [4.69, 9.17) is 4.52 Å². The molecule has 1 atom stereocenters. The van der Waals surface area contributed by atoms with Gasteiger partial charge in [-0.1, -0.05) is 31.1 Å². The number of rotatable bonds is 7. The first kappa shape index (κ1) is 19.5. The van der Waals surface area contributed by atoms with Crippen LogP contribution >= 0.6 is 0 Å². The Morgan fingerprint density at radius 3 is 2.44 bits per heavy atom. The van der Waals surface area contributed by atoms with E-state index in [9.17, 15) is 4.79 Å². The number of nitrogens with zero attached hydrogens (tertiary/aromatic N) is 4. The molecule has 1 amide bonds. The van der Waals surface area contributed by atoms with E-state index in [2.05, 4.69) is 51.2 Å². The SMILES string of the molecule is CCC(C)c1ccc(NC(=O)CN2CCN(Cc3nc(C)no3)CC2)cc1. The molecule has 146 valence electrons. The van der Waals surface area contributed by atoms with E-state index in [1.54, 1.807) is 0 Å². The third-order valence-electron chi connectivity index (χ3n) is 5.14. The van der Waals surface area contributed by atoms with Gasteiger partial charge in [0, 0.05) is 31.9 Å². The molecule has 1 fully saturated rings. The third-order valence-corrected chi connectivity index (χ3v) is 5.14. The van der Waals surface area contributed by atoms with Gasteiger partial charge in [0.25, 0.3) is 0 Å². The van der Waals surface area contributed by atoms with Crippen LogP contribution in [0.4, 0.5) is 5.69 Å². The Kier molecular flexibility index (Phi) is 6.58. The Morgan fingerprint density at radius 1 is 1.19 bits per heavy atom. The molecule has 0 radical (unpaired) electrons. The molecule has 1 aliphatic rings. The zero-order valence-electron chi connectivity index (χ0n) is 16.4. The first-order valence-electron chi connectivity index (χ1n) is 9.67. The van der Waals surface area contributed by atoms with Crippen LogP contribution < -0.4 is 5.32 Å². The average molecular weight is 371 g/mol. The number of aromatic nitrogens is 2. The van der Waals surface area contributed by atoms with Crippen molar-refractivity contribution in [1.29, 1.82) is 0 Å². The first-order valence-corrected chi connectivity index (χ1v) is 9.67. The molecule has 1 aromatic carbocycles. The highest BCUT2D eigenvalue weighted by Gasteiger charge is 2.20. The van der Waals surface area contributed by atoms with Crippen LogP contribution in [-0.2, 0) is 11.3 Å². The van der Waals surface area contributed by atoms with Crippen LogP contribution in [0.1, 0.15) is 43.5 Å². The summed E-state index contributed by atoms with van der Waals surface area (Å²) in [5, 5.41) is 6.82. The van der Waals surface area contributed by atoms with Crippen molar-refractivity contribution >= 4 is 11.6 Å². The smallest absolute Gasteiger partial charge is 0.240 e. The van der Waals surface area contributed by atoms with E-state index in [1.165, 1.54) is 5.56 Å². The van der Waals surface area contributed by atoms with E-state index in [-0.39, 0.29) is 5.91 Å². The average Bonchev–Trinajstić information content (AvgIpc) is 3.08. The van der Waals surface area contributed by atoms with Gasteiger partial charge in [-0.2, -0.15) is 4.98 Å². The lowest BCUT2D eigenvalue weighted by Gasteiger charge is -2.33. The molecule has 1 N–H and O–H groups in total. The molecule has 0 aliphatic carbocycles. The summed E-state index contributed by atoms with van der Waals surface area (Å²) in [6.07, 6.45) is 1.11. The van der Waals surface area contributed by atoms with Gasteiger partial charge in [0.1, 0.15) is 0 Å². The number of amides is 1. The van der Waals surface area contributed by atoms with Crippen molar-refractivity contribution in [2.24, 2.45) is 0 Å². The molecule has 1 unspecified atom stereocenters. The molecule has 2 heterocycles. The number of hydrogen-bond acceptors (Lipinski definition) is 6. The van der Waals surface area contributed by atoms with Crippen LogP contribution in [0, 0.1) is 6.92 Å². The molecule has 1 aromatic heterocycles. The number of carbonyl (C=O) groups excluding carboxylic acids is 1. The highest BCUT2D eigenvalue weighted by molar-refractivity contribution is 5.92. The maximum Gasteiger partial charge on any atom is 0.240 e. The summed E-state index contributed by atoms with van der Waals surface area (Å²) in [6.45, 7) is 10.8. The second-order valence-corrected chi connectivity index (χ2v) is 7.27. The van der Waals surface area contributed by atoms with Gasteiger partial charge in [0.2, 0.25) is 11.8 Å². The van der Waals surface area contributed by atoms with E-state index in [0.29, 0.717) is 30.7 Å². The van der Waals surface area contributed by atoms with Crippen molar-refractivity contribution < 1.29 is 9.32 Å². The zero-order valence-corrected chi connectivity index (χ0v) is 16.4. The van der Waals surface area contributed by atoms with E-state index in [1.807, 2.05) is 19.1 Å². The normalized spacial score (nSPS) is 17.0. The maximum atomic E-state index is 12.3. The summed E-state index contributed by atoms with van der Waals surface area (Å²) in [6, 6.07) is 8.18. The van der Waals surface area contributed by atoms with Gasteiger partial charge in [-0.25, -0.2) is 0 Å². The standard InChI is InChI=1S/C20H29N5O2/c1-4-15(2)17-5-7-18(8-6-17)22-19(26)13-24-9-11-25(12-10-24)14-20-21-16(3)23-27-20/h5-8,15H,4,9-14H2,1-3H3,(H,22,26). The van der Waals surface area contributed by atoms with Gasteiger partial charge in [-0.3, -0.25) is 14.6 Å². The van der Waals surface area contributed by atoms with Gasteiger partial charge in [0.15, 0.2) is 5.82 Å². The lowest BCUT2D eigenvalue weighted by Crippen LogP contribution is -2.48. The molecule has 27 heavy (non-hydrogen) atoms. The summed E-state index contributed by atoms with van der Waals surface area (Å²) in [4.78, 5) is 21.0. The maximum absolute atomic E-state index is 12.3. The molecule has 1 aliphatic heterocycles. The Morgan fingerprint density at radius 2 is 1.85 bits per heavy atom. The largest absolute Gasteiger partial charge is 0.338 e. The number of nitrogens with one attached hydrogen (secondary N) is 1. The lowest BCUT2D eigenvalue weighted by atomic mass is 9.99. The highest BCUT2D eigenvalue weighted by Crippen LogP contribution is 2.20. The highest BCUT2D eigenvalue weighted by atomic mass is 16.5. The van der Waals surface area contributed by atoms with Crippen LogP contribution in [0.25, 0.3) is 0 Å². The minimum atomic E-state index is 0.0345. The van der Waals surface area contributed by atoms with Gasteiger partial charge in [-0.15, -0.1) is 0 Å². The van der Waals surface area contributed by atoms with Crippen molar-refractivity contribution in [2.45, 2.75) is 39.7 Å². The fraction of sp³-hybridized carbons (Fsp3) is 0.550. The van der Waals surface area contributed by atoms with Crippen LogP contribution in [0.5, 0.6) is 0 Å². The zero-order chi connectivity index (χ0) is 19.2. The number of carbonyl (C=O) groups is 1. The molecule has 0 saturated carbocycles. The number of hydrogen-bond donors (Lipinski definition) is 1. The molecule has 1 saturated heterocycles. The van der Waals surface area contributed by atoms with E-state index in [0.717, 1.165) is 38.3 Å². The van der Waals surface area contributed by atoms with Crippen molar-refractivity contribution in [3.63, 3.8) is 0 Å². The minimum absolute atomic E-state index is 0.0345. The topological polar surface area (TPSA) is 74.5 Å².